The molecule has 0 atom stereocenters. The maximum Gasteiger partial charge on any atom is 0.236 e. The van der Waals surface area contributed by atoms with Crippen molar-refractivity contribution in [1.29, 1.82) is 5.26 Å². The van der Waals surface area contributed by atoms with Crippen LogP contribution in [0, 0.1) is 11.3 Å². The summed E-state index contributed by atoms with van der Waals surface area (Å²) in [5, 5.41) is 12.0. The van der Waals surface area contributed by atoms with E-state index in [2.05, 4.69) is 11.4 Å². The number of carbonyl (C=O) groups is 1. The van der Waals surface area contributed by atoms with Crippen LogP contribution in [0.15, 0.2) is 12.3 Å². The number of aromatic nitrogens is 1. The number of nitrogens with one attached hydrogen (secondary N) is 1. The third-order valence-electron chi connectivity index (χ3n) is 3.49. The highest BCUT2D eigenvalue weighted by Crippen LogP contribution is 2.09. The second kappa shape index (κ2) is 6.39. The normalized spacial score (nSPS) is 15.3. The van der Waals surface area contributed by atoms with Crippen molar-refractivity contribution >= 4 is 5.91 Å². The number of hydrogen-bond donors (Lipinski definition) is 1. The Bertz CT molecular complexity index is 480. The lowest BCUT2D eigenvalue weighted by atomic mass is 10.1. The smallest absolute Gasteiger partial charge is 0.236 e. The van der Waals surface area contributed by atoms with Gasteiger partial charge in [-0.2, -0.15) is 5.26 Å². The highest BCUT2D eigenvalue weighted by Gasteiger charge is 2.15. The van der Waals surface area contributed by atoms with E-state index in [0.29, 0.717) is 18.8 Å². The molecule has 5 heteroatoms. The Morgan fingerprint density at radius 2 is 2.16 bits per heavy atom. The van der Waals surface area contributed by atoms with Crippen LogP contribution in [0.4, 0.5) is 0 Å². The molecule has 0 bridgehead atoms. The van der Waals surface area contributed by atoms with Gasteiger partial charge in [0.1, 0.15) is 11.8 Å². The first kappa shape index (κ1) is 13.6. The Balaban J connectivity index is 1.76. The molecule has 1 aliphatic rings. The van der Waals surface area contributed by atoms with Crippen LogP contribution in [-0.2, 0) is 18.4 Å². The first-order valence-corrected chi connectivity index (χ1v) is 6.74. The molecule has 1 N–H and O–H groups in total. The number of aryl methyl sites for hydroxylation is 1. The molecule has 5 nitrogen and oxygen atoms in total. The van der Waals surface area contributed by atoms with Crippen LogP contribution in [0.25, 0.3) is 0 Å². The van der Waals surface area contributed by atoms with Gasteiger partial charge in [-0.3, -0.25) is 4.79 Å². The molecule has 1 aromatic heterocycles. The summed E-state index contributed by atoms with van der Waals surface area (Å²) in [6, 6.07) is 3.97. The predicted octanol–water partition coefficient (Wildman–Crippen LogP) is 0.999. The molecule has 102 valence electrons. The Morgan fingerprint density at radius 3 is 2.79 bits per heavy atom. The third kappa shape index (κ3) is 3.58. The van der Waals surface area contributed by atoms with Crippen molar-refractivity contribution in [3.05, 3.63) is 23.5 Å². The van der Waals surface area contributed by atoms with E-state index in [1.165, 1.54) is 6.42 Å². The van der Waals surface area contributed by atoms with Gasteiger partial charge in [0.05, 0.1) is 6.54 Å². The van der Waals surface area contributed by atoms with E-state index in [4.69, 9.17) is 5.26 Å². The molecule has 1 aliphatic heterocycles. The lowest BCUT2D eigenvalue weighted by Gasteiger charge is -2.26. The predicted molar refractivity (Wildman–Crippen MR) is 72.3 cm³/mol. The molecule has 0 aliphatic carbocycles. The van der Waals surface area contributed by atoms with E-state index in [1.807, 2.05) is 24.2 Å². The van der Waals surface area contributed by atoms with Crippen LogP contribution in [-0.4, -0.2) is 35.0 Å². The van der Waals surface area contributed by atoms with Crippen molar-refractivity contribution < 1.29 is 4.79 Å². The molecule has 2 heterocycles. The van der Waals surface area contributed by atoms with Gasteiger partial charge in [-0.1, -0.05) is 0 Å². The molecular weight excluding hydrogens is 240 g/mol. The SMILES string of the molecule is Cn1cc(CNCC(=O)N2CCCCC2)cc1C#N. The molecule has 19 heavy (non-hydrogen) atoms. The lowest BCUT2D eigenvalue weighted by Crippen LogP contribution is -2.40. The van der Waals surface area contributed by atoms with Gasteiger partial charge in [-0.25, -0.2) is 0 Å². The van der Waals surface area contributed by atoms with Gasteiger partial charge in [0.2, 0.25) is 5.91 Å². The van der Waals surface area contributed by atoms with Gasteiger partial charge in [-0.05, 0) is 30.9 Å². The first-order valence-electron chi connectivity index (χ1n) is 6.74. The van der Waals surface area contributed by atoms with Crippen molar-refractivity contribution in [2.75, 3.05) is 19.6 Å². The van der Waals surface area contributed by atoms with Gasteiger partial charge in [0.15, 0.2) is 0 Å². The van der Waals surface area contributed by atoms with E-state index >= 15 is 0 Å². The topological polar surface area (TPSA) is 61.1 Å². The first-order chi connectivity index (χ1) is 9.20. The molecule has 1 fully saturated rings. The molecule has 2 rings (SSSR count). The van der Waals surface area contributed by atoms with E-state index in [9.17, 15) is 4.79 Å². The summed E-state index contributed by atoms with van der Waals surface area (Å²) in [4.78, 5) is 13.9. The van der Waals surface area contributed by atoms with Gasteiger partial charge in [0, 0.05) is 32.9 Å². The summed E-state index contributed by atoms with van der Waals surface area (Å²) >= 11 is 0. The van der Waals surface area contributed by atoms with Crippen molar-refractivity contribution in [1.82, 2.24) is 14.8 Å². The average molecular weight is 260 g/mol. The van der Waals surface area contributed by atoms with Crippen LogP contribution in [0.2, 0.25) is 0 Å². The summed E-state index contributed by atoms with van der Waals surface area (Å²) in [6.45, 7) is 2.78. The van der Waals surface area contributed by atoms with E-state index < -0.39 is 0 Å². The number of rotatable bonds is 4. The Hall–Kier alpha value is -1.80. The molecule has 0 unspecified atom stereocenters. The number of hydrogen-bond acceptors (Lipinski definition) is 3. The second-order valence-electron chi connectivity index (χ2n) is 5.00. The highest BCUT2D eigenvalue weighted by molar-refractivity contribution is 5.78. The van der Waals surface area contributed by atoms with Crippen LogP contribution >= 0.6 is 0 Å². The summed E-state index contributed by atoms with van der Waals surface area (Å²) in [5.74, 6) is 0.177. The largest absolute Gasteiger partial charge is 0.342 e. The third-order valence-corrected chi connectivity index (χ3v) is 3.49. The van der Waals surface area contributed by atoms with Crippen molar-refractivity contribution in [3.63, 3.8) is 0 Å². The van der Waals surface area contributed by atoms with Crippen LogP contribution in [0.3, 0.4) is 0 Å². The number of nitriles is 1. The van der Waals surface area contributed by atoms with Crippen LogP contribution in [0.1, 0.15) is 30.5 Å². The quantitative estimate of drug-likeness (QED) is 0.878. The zero-order valence-electron chi connectivity index (χ0n) is 11.4. The molecule has 1 amide bonds. The second-order valence-corrected chi connectivity index (χ2v) is 5.00. The molecule has 0 radical (unpaired) electrons. The Kier molecular flexibility index (Phi) is 4.58. The molecule has 0 saturated carbocycles. The van der Waals surface area contributed by atoms with E-state index in [1.54, 1.807) is 4.57 Å². The Morgan fingerprint density at radius 1 is 1.42 bits per heavy atom. The number of amides is 1. The van der Waals surface area contributed by atoms with E-state index in [-0.39, 0.29) is 5.91 Å². The number of nitrogens with zero attached hydrogens (tertiary/aromatic N) is 3. The minimum atomic E-state index is 0.177. The number of carbonyl (C=O) groups excluding carboxylic acids is 1. The Labute approximate surface area is 113 Å². The fourth-order valence-corrected chi connectivity index (χ4v) is 2.41. The van der Waals surface area contributed by atoms with Crippen molar-refractivity contribution in [3.8, 4) is 6.07 Å². The van der Waals surface area contributed by atoms with Gasteiger partial charge in [0.25, 0.3) is 0 Å². The summed E-state index contributed by atoms with van der Waals surface area (Å²) < 4.78 is 1.80. The van der Waals surface area contributed by atoms with Gasteiger partial charge >= 0.3 is 0 Å². The molecule has 1 aromatic rings. The van der Waals surface area contributed by atoms with Crippen molar-refractivity contribution in [2.45, 2.75) is 25.8 Å². The lowest BCUT2D eigenvalue weighted by molar-refractivity contribution is -0.131. The van der Waals surface area contributed by atoms with Crippen LogP contribution in [0.5, 0.6) is 0 Å². The minimum absolute atomic E-state index is 0.177. The maximum absolute atomic E-state index is 11.9. The molecule has 0 spiro atoms. The van der Waals surface area contributed by atoms with Gasteiger partial charge < -0.3 is 14.8 Å². The maximum atomic E-state index is 11.9. The van der Waals surface area contributed by atoms with Gasteiger partial charge in [-0.15, -0.1) is 0 Å². The summed E-state index contributed by atoms with van der Waals surface area (Å²) in [5.41, 5.74) is 1.67. The van der Waals surface area contributed by atoms with E-state index in [0.717, 1.165) is 31.5 Å². The summed E-state index contributed by atoms with van der Waals surface area (Å²) in [6.07, 6.45) is 5.39. The van der Waals surface area contributed by atoms with Crippen LogP contribution < -0.4 is 5.32 Å². The minimum Gasteiger partial charge on any atom is -0.342 e. The number of piperidine rings is 1. The molecule has 0 aromatic carbocycles. The fourth-order valence-electron chi connectivity index (χ4n) is 2.41. The zero-order chi connectivity index (χ0) is 13.7. The number of likely N-dealkylation sites (tertiary alicyclic amines) is 1. The highest BCUT2D eigenvalue weighted by atomic mass is 16.2. The summed E-state index contributed by atoms with van der Waals surface area (Å²) in [7, 11) is 1.85. The molecular formula is C14H20N4O. The fraction of sp³-hybridized carbons (Fsp3) is 0.571. The average Bonchev–Trinajstić information content (AvgIpc) is 2.80. The van der Waals surface area contributed by atoms with Crippen molar-refractivity contribution in [2.24, 2.45) is 7.05 Å². The monoisotopic (exact) mass is 260 g/mol. The molecule has 1 saturated heterocycles. The standard InChI is InChI=1S/C14H20N4O/c1-17-11-12(7-13(17)8-15)9-16-10-14(19)18-5-3-2-4-6-18/h7,11,16H,2-6,9-10H2,1H3. The zero-order valence-corrected chi connectivity index (χ0v) is 11.4.